The standard InChI is InChI=1S/C16H31N3O11P2/c1-10(2)28-31(23,24)27-9-13(21)14(30-32(25,26)29-11(3)4)6-7-18-16(22)19-15(17)12(5)8-20/h7-8,10-14,21H,6,9H2,1-5H3,(H,23,24)(H,25,26)(H2,17,19,22)/p-1/b18-7-/t12?,13-,14+/m0/s1. The first-order valence-corrected chi connectivity index (χ1v) is 12.4. The lowest BCUT2D eigenvalue weighted by Crippen LogP contribution is -2.73. The number of carbonyl (C=O) groups is 2. The zero-order chi connectivity index (χ0) is 25.1. The molecule has 0 aliphatic heterocycles. The van der Waals surface area contributed by atoms with Gasteiger partial charge in [0.15, 0.2) is 0 Å². The molecule has 3 unspecified atom stereocenters. The lowest BCUT2D eigenvalue weighted by Gasteiger charge is -2.32. The number of amidine groups is 1. The van der Waals surface area contributed by atoms with E-state index in [1.54, 1.807) is 0 Å². The quantitative estimate of drug-likeness (QED) is 0.106. The predicted molar refractivity (Wildman–Crippen MR) is 108 cm³/mol. The number of aliphatic hydroxyl groups is 1. The third kappa shape index (κ3) is 13.9. The number of nitrogens with zero attached hydrogens (tertiary/aromatic N) is 1. The fourth-order valence-electron chi connectivity index (χ4n) is 1.87. The largest absolute Gasteiger partial charge is 0.756 e. The molecule has 0 fully saturated rings. The Bertz CT molecular complexity index is 772. The number of amides is 2. The van der Waals surface area contributed by atoms with Crippen LogP contribution in [-0.2, 0) is 32.0 Å². The Balaban J connectivity index is 5.34. The second kappa shape index (κ2) is 14.0. The molecule has 0 aliphatic carbocycles. The Morgan fingerprint density at radius 2 is 1.62 bits per heavy atom. The first-order valence-electron chi connectivity index (χ1n) is 9.50. The summed E-state index contributed by atoms with van der Waals surface area (Å²) in [6, 6.07) is -0.973. The molecule has 0 saturated heterocycles. The maximum Gasteiger partial charge on any atom is 0.538 e. The van der Waals surface area contributed by atoms with E-state index in [2.05, 4.69) is 23.6 Å². The van der Waals surface area contributed by atoms with Crippen LogP contribution in [0.4, 0.5) is 4.79 Å². The zero-order valence-corrected chi connectivity index (χ0v) is 20.2. The minimum Gasteiger partial charge on any atom is -0.756 e. The maximum atomic E-state index is 12.0. The number of hydrogen-bond acceptors (Lipinski definition) is 11. The van der Waals surface area contributed by atoms with Gasteiger partial charge in [0.25, 0.3) is 15.6 Å². The molecule has 0 spiro atoms. The van der Waals surface area contributed by atoms with Gasteiger partial charge in [-0.05, 0) is 34.6 Å². The molecule has 0 bridgehead atoms. The Labute approximate surface area is 186 Å². The van der Waals surface area contributed by atoms with Gasteiger partial charge in [-0.15, -0.1) is 0 Å². The molecule has 0 heterocycles. The van der Waals surface area contributed by atoms with E-state index in [0.717, 1.165) is 6.21 Å². The van der Waals surface area contributed by atoms with Crippen LogP contribution < -0.4 is 20.5 Å². The molecular formula is C16H30N3O11P2-. The van der Waals surface area contributed by atoms with Gasteiger partial charge in [0.2, 0.25) is 5.84 Å². The third-order valence-corrected chi connectivity index (χ3v) is 5.61. The van der Waals surface area contributed by atoms with Crippen LogP contribution in [0.1, 0.15) is 41.0 Å². The van der Waals surface area contributed by atoms with Gasteiger partial charge < -0.3 is 43.5 Å². The van der Waals surface area contributed by atoms with Crippen LogP contribution in [0.2, 0.25) is 0 Å². The van der Waals surface area contributed by atoms with Crippen molar-refractivity contribution in [2.75, 3.05) is 6.61 Å². The minimum absolute atomic E-state index is 0.252. The number of aliphatic hydroxyl groups excluding tert-OH is 1. The molecule has 5 atom stereocenters. The second-order valence-electron chi connectivity index (χ2n) is 7.06. The number of hydrogen-bond donors (Lipinski definition) is 3. The summed E-state index contributed by atoms with van der Waals surface area (Å²) in [5.41, 5.74) is 5.45. The molecule has 32 heavy (non-hydrogen) atoms. The summed E-state index contributed by atoms with van der Waals surface area (Å²) >= 11 is 0. The van der Waals surface area contributed by atoms with Crippen LogP contribution in [0.25, 0.3) is 0 Å². The Kier molecular flexibility index (Phi) is 13.4. The summed E-state index contributed by atoms with van der Waals surface area (Å²) in [4.78, 5) is 51.6. The summed E-state index contributed by atoms with van der Waals surface area (Å²) in [7, 11) is -9.68. The lowest BCUT2D eigenvalue weighted by atomic mass is 10.1. The van der Waals surface area contributed by atoms with Gasteiger partial charge in [0.05, 0.1) is 30.9 Å². The van der Waals surface area contributed by atoms with Crippen LogP contribution in [-0.4, -0.2) is 60.5 Å². The van der Waals surface area contributed by atoms with E-state index in [4.69, 9.17) is 10.3 Å². The van der Waals surface area contributed by atoms with Gasteiger partial charge >= 0.3 is 6.03 Å². The monoisotopic (exact) mass is 502 g/mol. The molecule has 186 valence electrons. The summed E-state index contributed by atoms with van der Waals surface area (Å²) in [5.74, 6) is -1.05. The Morgan fingerprint density at radius 1 is 1.09 bits per heavy atom. The zero-order valence-electron chi connectivity index (χ0n) is 18.4. The number of urea groups is 1. The van der Waals surface area contributed by atoms with Crippen LogP contribution in [0.3, 0.4) is 0 Å². The number of carbonyl (C=O) groups excluding carboxylic acids is 2. The molecular weight excluding hydrogens is 472 g/mol. The van der Waals surface area contributed by atoms with Gasteiger partial charge in [-0.3, -0.25) is 9.13 Å². The normalized spacial score (nSPS) is 19.5. The van der Waals surface area contributed by atoms with Crippen LogP contribution in [0.5, 0.6) is 0 Å². The summed E-state index contributed by atoms with van der Waals surface area (Å²) in [6.07, 6.45) is -3.84. The van der Waals surface area contributed by atoms with E-state index >= 15 is 0 Å². The highest BCUT2D eigenvalue weighted by molar-refractivity contribution is 7.46. The molecule has 2 amide bonds. The van der Waals surface area contributed by atoms with Crippen LogP contribution in [0, 0.1) is 5.92 Å². The van der Waals surface area contributed by atoms with Crippen molar-refractivity contribution in [2.45, 2.75) is 65.5 Å². The van der Waals surface area contributed by atoms with Crippen molar-refractivity contribution >= 4 is 40.0 Å². The van der Waals surface area contributed by atoms with E-state index < -0.39 is 65.0 Å². The number of nitrogens with two attached hydrogens (primary N) is 1. The van der Waals surface area contributed by atoms with E-state index in [1.807, 2.05) is 0 Å². The van der Waals surface area contributed by atoms with Crippen molar-refractivity contribution in [3.05, 3.63) is 0 Å². The van der Waals surface area contributed by atoms with Crippen LogP contribution >= 0.6 is 15.6 Å². The van der Waals surface area contributed by atoms with Crippen molar-refractivity contribution in [1.82, 2.24) is 0 Å². The average Bonchev–Trinajstić information content (AvgIpc) is 2.62. The SMILES string of the molecule is CC(C)OP(=O)([O-])OC[C@H](O)[C@@H](C/C=[NH+]\C(=O)/N=C(/N)C(C)C=O)OP(=O)([O-])OC(C)C. The van der Waals surface area contributed by atoms with Gasteiger partial charge in [-0.25, -0.2) is 4.99 Å². The highest BCUT2D eigenvalue weighted by Crippen LogP contribution is 2.43. The summed E-state index contributed by atoms with van der Waals surface area (Å²) in [6.45, 7) is 6.25. The van der Waals surface area contributed by atoms with Gasteiger partial charge in [-0.1, -0.05) is 0 Å². The van der Waals surface area contributed by atoms with E-state index in [0.29, 0.717) is 6.29 Å². The minimum atomic E-state index is -4.91. The molecule has 0 aromatic rings. The molecule has 14 nitrogen and oxygen atoms in total. The molecule has 0 rings (SSSR count). The predicted octanol–water partition coefficient (Wildman–Crippen LogP) is -1.61. The van der Waals surface area contributed by atoms with E-state index in [1.165, 1.54) is 34.6 Å². The fraction of sp³-hybridized carbons (Fsp3) is 0.750. The van der Waals surface area contributed by atoms with Gasteiger partial charge in [0, 0.05) is 11.4 Å². The highest BCUT2D eigenvalue weighted by Gasteiger charge is 2.28. The van der Waals surface area contributed by atoms with Crippen molar-refractivity contribution in [3.8, 4) is 0 Å². The number of aldehydes is 1. The number of nitrogens with one attached hydrogen (secondary N) is 1. The first kappa shape index (κ1) is 30.7. The van der Waals surface area contributed by atoms with E-state index in [9.17, 15) is 33.6 Å². The van der Waals surface area contributed by atoms with Crippen molar-refractivity contribution in [2.24, 2.45) is 16.6 Å². The van der Waals surface area contributed by atoms with Crippen LogP contribution in [0.15, 0.2) is 4.99 Å². The molecule has 0 saturated carbocycles. The molecule has 16 heteroatoms. The Hall–Kier alpha value is -1.34. The molecule has 0 radical (unpaired) electrons. The second-order valence-corrected chi connectivity index (χ2v) is 9.74. The fourth-order valence-corrected chi connectivity index (χ4v) is 3.90. The van der Waals surface area contributed by atoms with Gasteiger partial charge in [-0.2, -0.15) is 4.79 Å². The number of phosphoric ester groups is 2. The highest BCUT2D eigenvalue weighted by atomic mass is 31.2. The van der Waals surface area contributed by atoms with Crippen molar-refractivity contribution in [3.63, 3.8) is 0 Å². The number of rotatable bonds is 14. The number of phosphoric acid groups is 2. The Morgan fingerprint density at radius 3 is 2.12 bits per heavy atom. The van der Waals surface area contributed by atoms with Crippen molar-refractivity contribution in [1.29, 1.82) is 0 Å². The van der Waals surface area contributed by atoms with Crippen molar-refractivity contribution < 1.29 is 56.7 Å². The lowest BCUT2D eigenvalue weighted by molar-refractivity contribution is -0.335. The maximum absolute atomic E-state index is 12.0. The molecule has 0 aromatic carbocycles. The third-order valence-electron chi connectivity index (χ3n) is 3.25. The summed E-state index contributed by atoms with van der Waals surface area (Å²) < 4.78 is 42.2. The summed E-state index contributed by atoms with van der Waals surface area (Å²) in [5, 5.41) is 10.2. The number of aliphatic imine (C=N–C) groups is 1. The smallest absolute Gasteiger partial charge is 0.538 e. The first-order chi connectivity index (χ1) is 14.6. The molecule has 0 aliphatic rings. The topological polar surface area (TPSA) is 224 Å². The van der Waals surface area contributed by atoms with Gasteiger partial charge in [0.1, 0.15) is 18.5 Å². The molecule has 4 N–H and O–H groups in total. The average molecular weight is 502 g/mol. The van der Waals surface area contributed by atoms with E-state index in [-0.39, 0.29) is 5.84 Å². The molecule has 0 aromatic heterocycles.